The van der Waals surface area contributed by atoms with Crippen molar-refractivity contribution in [1.82, 2.24) is 4.90 Å². The van der Waals surface area contributed by atoms with E-state index in [1.807, 2.05) is 0 Å². The Morgan fingerprint density at radius 3 is 2.50 bits per heavy atom. The highest BCUT2D eigenvalue weighted by Crippen LogP contribution is 2.47. The number of nitrogens with zero attached hydrogens (tertiary/aromatic N) is 1. The Balaban J connectivity index is 1.59. The van der Waals surface area contributed by atoms with Crippen LogP contribution in [0.1, 0.15) is 56.6 Å². The average molecular weight is 409 g/mol. The van der Waals surface area contributed by atoms with E-state index >= 15 is 0 Å². The van der Waals surface area contributed by atoms with Crippen molar-refractivity contribution in [2.75, 3.05) is 20.2 Å². The first-order valence-corrected chi connectivity index (χ1v) is 11.4. The monoisotopic (exact) mass is 408 g/mol. The molecule has 4 nitrogen and oxygen atoms in total. The number of ether oxygens (including phenoxy) is 2. The van der Waals surface area contributed by atoms with E-state index < -0.39 is 0 Å². The SMILES string of the molecule is COc1ccc([C@H]2CN(Cc3ccccc3)C[C@@]2(C)C(C)N)cc1OC1CCCC1. The largest absolute Gasteiger partial charge is 0.493 e. The summed E-state index contributed by atoms with van der Waals surface area (Å²) in [7, 11) is 1.72. The van der Waals surface area contributed by atoms with Gasteiger partial charge < -0.3 is 15.2 Å². The molecule has 1 aliphatic carbocycles. The molecule has 3 atom stereocenters. The van der Waals surface area contributed by atoms with Gasteiger partial charge in [-0.1, -0.05) is 43.3 Å². The molecule has 1 saturated heterocycles. The van der Waals surface area contributed by atoms with Crippen LogP contribution in [-0.4, -0.2) is 37.2 Å². The number of benzene rings is 2. The zero-order valence-electron chi connectivity index (χ0n) is 18.6. The molecule has 2 N–H and O–H groups in total. The highest BCUT2D eigenvalue weighted by atomic mass is 16.5. The number of nitrogens with two attached hydrogens (primary N) is 1. The fourth-order valence-electron chi connectivity index (χ4n) is 5.22. The molecule has 30 heavy (non-hydrogen) atoms. The average Bonchev–Trinajstić information content (AvgIpc) is 3.37. The molecule has 4 heteroatoms. The maximum absolute atomic E-state index is 6.56. The quantitative estimate of drug-likeness (QED) is 0.703. The fraction of sp³-hybridized carbons (Fsp3) is 0.538. The van der Waals surface area contributed by atoms with E-state index in [1.165, 1.54) is 24.0 Å². The number of methoxy groups -OCH3 is 1. The summed E-state index contributed by atoms with van der Waals surface area (Å²) in [6.45, 7) is 7.45. The van der Waals surface area contributed by atoms with Gasteiger partial charge in [0.25, 0.3) is 0 Å². The summed E-state index contributed by atoms with van der Waals surface area (Å²) >= 11 is 0. The zero-order chi connectivity index (χ0) is 21.1. The number of hydrogen-bond donors (Lipinski definition) is 1. The van der Waals surface area contributed by atoms with Crippen LogP contribution < -0.4 is 15.2 Å². The lowest BCUT2D eigenvalue weighted by Gasteiger charge is -2.35. The van der Waals surface area contributed by atoms with Crippen LogP contribution in [0, 0.1) is 5.41 Å². The van der Waals surface area contributed by atoms with Crippen molar-refractivity contribution in [3.63, 3.8) is 0 Å². The van der Waals surface area contributed by atoms with Gasteiger partial charge in [-0.05, 0) is 55.9 Å². The standard InChI is InChI=1S/C26H36N2O2/c1-19(27)26(2)18-28(16-20-9-5-4-6-10-20)17-23(26)21-13-14-24(29-3)25(15-21)30-22-11-7-8-12-22/h4-6,9-10,13-15,19,22-23H,7-8,11-12,16-18,27H2,1-3H3/t19?,23-,26+/m1/s1. The van der Waals surface area contributed by atoms with Crippen molar-refractivity contribution in [3.05, 3.63) is 59.7 Å². The lowest BCUT2D eigenvalue weighted by molar-refractivity contribution is 0.199. The Hall–Kier alpha value is -2.04. The highest BCUT2D eigenvalue weighted by Gasteiger charge is 2.46. The summed E-state index contributed by atoms with van der Waals surface area (Å²) in [6.07, 6.45) is 5.10. The van der Waals surface area contributed by atoms with Crippen molar-refractivity contribution < 1.29 is 9.47 Å². The lowest BCUT2D eigenvalue weighted by atomic mass is 9.71. The van der Waals surface area contributed by atoms with Crippen molar-refractivity contribution in [1.29, 1.82) is 0 Å². The van der Waals surface area contributed by atoms with Crippen molar-refractivity contribution in [3.8, 4) is 11.5 Å². The molecule has 0 amide bonds. The highest BCUT2D eigenvalue weighted by molar-refractivity contribution is 5.45. The first kappa shape index (κ1) is 21.2. The number of hydrogen-bond acceptors (Lipinski definition) is 4. The van der Waals surface area contributed by atoms with Gasteiger partial charge in [0.15, 0.2) is 11.5 Å². The minimum absolute atomic E-state index is 0.00793. The summed E-state index contributed by atoms with van der Waals surface area (Å²) in [4.78, 5) is 2.55. The smallest absolute Gasteiger partial charge is 0.161 e. The van der Waals surface area contributed by atoms with Gasteiger partial charge >= 0.3 is 0 Å². The molecular weight excluding hydrogens is 372 g/mol. The summed E-state index contributed by atoms with van der Waals surface area (Å²) in [5, 5.41) is 0. The van der Waals surface area contributed by atoms with Crippen LogP contribution in [0.15, 0.2) is 48.5 Å². The second kappa shape index (κ2) is 8.99. The number of rotatable bonds is 7. The molecule has 0 aromatic heterocycles. The van der Waals surface area contributed by atoms with Gasteiger partial charge in [0, 0.05) is 37.0 Å². The van der Waals surface area contributed by atoms with Crippen LogP contribution in [-0.2, 0) is 6.54 Å². The van der Waals surface area contributed by atoms with E-state index in [2.05, 4.69) is 67.3 Å². The third-order valence-electron chi connectivity index (χ3n) is 7.28. The van der Waals surface area contributed by atoms with Gasteiger partial charge in [0.05, 0.1) is 13.2 Å². The maximum atomic E-state index is 6.56. The molecule has 2 fully saturated rings. The van der Waals surface area contributed by atoms with E-state index in [0.717, 1.165) is 44.0 Å². The molecule has 1 aliphatic heterocycles. The minimum atomic E-state index is 0.00793. The summed E-state index contributed by atoms with van der Waals surface area (Å²) in [5.41, 5.74) is 9.22. The third kappa shape index (κ3) is 4.35. The molecule has 0 bridgehead atoms. The normalized spacial score (nSPS) is 26.1. The van der Waals surface area contributed by atoms with Gasteiger partial charge in [-0.2, -0.15) is 0 Å². The van der Waals surface area contributed by atoms with E-state index in [1.54, 1.807) is 7.11 Å². The fourth-order valence-corrected chi connectivity index (χ4v) is 5.22. The molecule has 4 rings (SSSR count). The van der Waals surface area contributed by atoms with Crippen LogP contribution in [0.3, 0.4) is 0 Å². The Morgan fingerprint density at radius 2 is 1.83 bits per heavy atom. The Labute approximate surface area is 181 Å². The molecular formula is C26H36N2O2. The second-order valence-electron chi connectivity index (χ2n) is 9.44. The van der Waals surface area contributed by atoms with Crippen molar-refractivity contribution >= 4 is 0 Å². The van der Waals surface area contributed by atoms with Gasteiger partial charge in [0.1, 0.15) is 0 Å². The van der Waals surface area contributed by atoms with Crippen LogP contribution in [0.2, 0.25) is 0 Å². The van der Waals surface area contributed by atoms with Crippen molar-refractivity contribution in [2.45, 2.75) is 64.1 Å². The molecule has 1 saturated carbocycles. The van der Waals surface area contributed by atoms with Gasteiger partial charge in [-0.15, -0.1) is 0 Å². The summed E-state index contributed by atoms with van der Waals surface area (Å²) in [6, 6.07) is 17.3. The first-order chi connectivity index (χ1) is 14.5. The number of likely N-dealkylation sites (tertiary alicyclic amines) is 1. The third-order valence-corrected chi connectivity index (χ3v) is 7.28. The Morgan fingerprint density at radius 1 is 1.10 bits per heavy atom. The van der Waals surface area contributed by atoms with Gasteiger partial charge in [0.2, 0.25) is 0 Å². The molecule has 2 aromatic rings. The minimum Gasteiger partial charge on any atom is -0.493 e. The van der Waals surface area contributed by atoms with Crippen LogP contribution in [0.4, 0.5) is 0 Å². The van der Waals surface area contributed by atoms with Crippen molar-refractivity contribution in [2.24, 2.45) is 11.1 Å². The predicted molar refractivity (Wildman–Crippen MR) is 122 cm³/mol. The molecule has 1 heterocycles. The topological polar surface area (TPSA) is 47.7 Å². The summed E-state index contributed by atoms with van der Waals surface area (Å²) in [5.74, 6) is 2.07. The van der Waals surface area contributed by atoms with Crippen LogP contribution in [0.5, 0.6) is 11.5 Å². The van der Waals surface area contributed by atoms with Crippen LogP contribution in [0.25, 0.3) is 0 Å². The molecule has 1 unspecified atom stereocenters. The molecule has 0 radical (unpaired) electrons. The maximum Gasteiger partial charge on any atom is 0.161 e. The Kier molecular flexibility index (Phi) is 6.35. The first-order valence-electron chi connectivity index (χ1n) is 11.4. The van der Waals surface area contributed by atoms with Crippen LogP contribution >= 0.6 is 0 Å². The van der Waals surface area contributed by atoms with E-state index in [4.69, 9.17) is 15.2 Å². The van der Waals surface area contributed by atoms with E-state index in [-0.39, 0.29) is 11.5 Å². The molecule has 0 spiro atoms. The molecule has 2 aliphatic rings. The predicted octanol–water partition coefficient (Wildman–Crippen LogP) is 4.97. The summed E-state index contributed by atoms with van der Waals surface area (Å²) < 4.78 is 12.0. The van der Waals surface area contributed by atoms with Gasteiger partial charge in [-0.3, -0.25) is 4.90 Å². The van der Waals surface area contributed by atoms with E-state index in [0.29, 0.717) is 12.0 Å². The zero-order valence-corrected chi connectivity index (χ0v) is 18.6. The Bertz CT molecular complexity index is 832. The lowest BCUT2D eigenvalue weighted by Crippen LogP contribution is -2.42. The molecule has 162 valence electrons. The van der Waals surface area contributed by atoms with Gasteiger partial charge in [-0.25, -0.2) is 0 Å². The molecule has 2 aromatic carbocycles. The van der Waals surface area contributed by atoms with E-state index in [9.17, 15) is 0 Å². The second-order valence-corrected chi connectivity index (χ2v) is 9.44.